The van der Waals surface area contributed by atoms with Gasteiger partial charge in [0.2, 0.25) is 5.91 Å². The van der Waals surface area contributed by atoms with Crippen molar-refractivity contribution in [1.82, 2.24) is 15.5 Å². The largest absolute Gasteiger partial charge is 0.494 e. The standard InChI is InChI=1S/C19H25N5O3S/c1-2-27-15-5-3-14(4-6-15)24-18(26)16(17(25)22-19(24)28)13-21-9-12-23-10-7-20-8-11-23/h3-6,13,16,20H,2,7-12H2,1H3,(H,22,25,28)/t16-/m0/s1. The van der Waals surface area contributed by atoms with Gasteiger partial charge in [0, 0.05) is 38.9 Å². The average Bonchev–Trinajstić information content (AvgIpc) is 2.69. The molecule has 2 saturated heterocycles. The van der Waals surface area contributed by atoms with Crippen LogP contribution in [0.25, 0.3) is 0 Å². The summed E-state index contributed by atoms with van der Waals surface area (Å²) in [5, 5.41) is 5.97. The Morgan fingerprint density at radius 2 is 1.96 bits per heavy atom. The summed E-state index contributed by atoms with van der Waals surface area (Å²) in [5.41, 5.74) is 0.581. The minimum absolute atomic E-state index is 0.0737. The molecule has 2 aliphatic rings. The number of anilines is 1. The summed E-state index contributed by atoms with van der Waals surface area (Å²) in [5.74, 6) is -1.12. The molecule has 1 aromatic rings. The third-order valence-electron chi connectivity index (χ3n) is 4.62. The maximum Gasteiger partial charge on any atom is 0.251 e. The molecule has 150 valence electrons. The number of amides is 2. The van der Waals surface area contributed by atoms with Gasteiger partial charge in [-0.2, -0.15) is 0 Å². The van der Waals surface area contributed by atoms with E-state index >= 15 is 0 Å². The van der Waals surface area contributed by atoms with Crippen molar-refractivity contribution in [3.05, 3.63) is 24.3 Å². The molecule has 9 heteroatoms. The van der Waals surface area contributed by atoms with Gasteiger partial charge in [0.1, 0.15) is 5.75 Å². The first-order valence-electron chi connectivity index (χ1n) is 9.45. The van der Waals surface area contributed by atoms with Gasteiger partial charge in [0.15, 0.2) is 11.0 Å². The molecule has 3 rings (SSSR count). The fourth-order valence-corrected chi connectivity index (χ4v) is 3.43. The summed E-state index contributed by atoms with van der Waals surface area (Å²) in [6.45, 7) is 7.73. The highest BCUT2D eigenvalue weighted by atomic mass is 32.1. The summed E-state index contributed by atoms with van der Waals surface area (Å²) in [4.78, 5) is 33.1. The maximum atomic E-state index is 12.9. The third-order valence-corrected chi connectivity index (χ3v) is 4.90. The van der Waals surface area contributed by atoms with E-state index < -0.39 is 17.7 Å². The summed E-state index contributed by atoms with van der Waals surface area (Å²) < 4.78 is 5.42. The maximum absolute atomic E-state index is 12.9. The van der Waals surface area contributed by atoms with Crippen LogP contribution >= 0.6 is 12.2 Å². The molecule has 0 aliphatic carbocycles. The van der Waals surface area contributed by atoms with Gasteiger partial charge in [0.05, 0.1) is 18.8 Å². The van der Waals surface area contributed by atoms with E-state index in [-0.39, 0.29) is 5.11 Å². The van der Waals surface area contributed by atoms with Gasteiger partial charge in [-0.1, -0.05) is 0 Å². The molecule has 8 nitrogen and oxygen atoms in total. The number of carbonyl (C=O) groups is 2. The predicted octanol–water partition coefficient (Wildman–Crippen LogP) is 0.425. The Morgan fingerprint density at radius 3 is 2.64 bits per heavy atom. The van der Waals surface area contributed by atoms with Crippen LogP contribution in [-0.4, -0.2) is 73.9 Å². The molecule has 1 aromatic carbocycles. The van der Waals surface area contributed by atoms with E-state index in [0.29, 0.717) is 24.6 Å². The molecule has 2 amide bonds. The van der Waals surface area contributed by atoms with Crippen LogP contribution in [0.2, 0.25) is 0 Å². The number of nitrogens with zero attached hydrogens (tertiary/aromatic N) is 3. The number of rotatable bonds is 7. The highest BCUT2D eigenvalue weighted by Gasteiger charge is 2.38. The highest BCUT2D eigenvalue weighted by Crippen LogP contribution is 2.23. The molecule has 1 atom stereocenters. The van der Waals surface area contributed by atoms with Crippen molar-refractivity contribution in [1.29, 1.82) is 0 Å². The van der Waals surface area contributed by atoms with Crippen LogP contribution < -0.4 is 20.3 Å². The van der Waals surface area contributed by atoms with Crippen LogP contribution in [0.15, 0.2) is 29.3 Å². The zero-order chi connectivity index (χ0) is 19.9. The minimum atomic E-state index is -0.985. The van der Waals surface area contributed by atoms with E-state index in [1.807, 2.05) is 6.92 Å². The molecule has 0 aromatic heterocycles. The summed E-state index contributed by atoms with van der Waals surface area (Å²) in [7, 11) is 0. The van der Waals surface area contributed by atoms with Gasteiger partial charge in [-0.15, -0.1) is 0 Å². The number of nitrogens with one attached hydrogen (secondary N) is 2. The van der Waals surface area contributed by atoms with Gasteiger partial charge in [-0.25, -0.2) is 0 Å². The fraction of sp³-hybridized carbons (Fsp3) is 0.474. The lowest BCUT2D eigenvalue weighted by molar-refractivity contribution is -0.130. The summed E-state index contributed by atoms with van der Waals surface area (Å²) in [6.07, 6.45) is 1.43. The Labute approximate surface area is 169 Å². The number of piperazine rings is 1. The van der Waals surface area contributed by atoms with Crippen molar-refractivity contribution < 1.29 is 14.3 Å². The molecule has 0 saturated carbocycles. The van der Waals surface area contributed by atoms with Crippen LogP contribution in [-0.2, 0) is 9.59 Å². The Kier molecular flexibility index (Phi) is 7.07. The van der Waals surface area contributed by atoms with E-state index in [1.165, 1.54) is 11.1 Å². The molecular weight excluding hydrogens is 378 g/mol. The molecule has 2 aliphatic heterocycles. The van der Waals surface area contributed by atoms with Gasteiger partial charge >= 0.3 is 0 Å². The van der Waals surface area contributed by atoms with Crippen LogP contribution in [0, 0.1) is 5.92 Å². The van der Waals surface area contributed by atoms with Crippen LogP contribution in [0.5, 0.6) is 5.75 Å². The Bertz CT molecular complexity index is 746. The van der Waals surface area contributed by atoms with Crippen molar-refractivity contribution >= 4 is 41.0 Å². The second kappa shape index (κ2) is 9.72. The number of aliphatic imine (C=N–C) groups is 1. The second-order valence-corrected chi connectivity index (χ2v) is 6.91. The monoisotopic (exact) mass is 403 g/mol. The number of benzene rings is 1. The highest BCUT2D eigenvalue weighted by molar-refractivity contribution is 7.80. The van der Waals surface area contributed by atoms with Crippen molar-refractivity contribution in [3.8, 4) is 5.75 Å². The van der Waals surface area contributed by atoms with Crippen LogP contribution in [0.4, 0.5) is 5.69 Å². The molecule has 2 fully saturated rings. The number of ether oxygens (including phenoxy) is 1. The molecule has 0 radical (unpaired) electrons. The third kappa shape index (κ3) is 4.92. The van der Waals surface area contributed by atoms with E-state index in [1.54, 1.807) is 24.3 Å². The van der Waals surface area contributed by atoms with Gasteiger partial charge in [-0.05, 0) is 43.4 Å². The van der Waals surface area contributed by atoms with Crippen LogP contribution in [0.1, 0.15) is 6.92 Å². The van der Waals surface area contributed by atoms with Crippen molar-refractivity contribution in [2.24, 2.45) is 10.9 Å². The molecule has 0 spiro atoms. The molecule has 0 bridgehead atoms. The SMILES string of the molecule is CCOc1ccc(N2C(=O)[C@@H](C=NCCN3CCNCC3)C(=O)NC2=S)cc1. The Hall–Kier alpha value is -2.36. The first kappa shape index (κ1) is 20.4. The molecule has 2 N–H and O–H groups in total. The van der Waals surface area contributed by atoms with E-state index in [9.17, 15) is 9.59 Å². The van der Waals surface area contributed by atoms with Crippen molar-refractivity contribution in [2.75, 3.05) is 50.8 Å². The summed E-state index contributed by atoms with van der Waals surface area (Å²) >= 11 is 5.21. The molecule has 0 unspecified atom stereocenters. The smallest absolute Gasteiger partial charge is 0.251 e. The van der Waals surface area contributed by atoms with Crippen molar-refractivity contribution in [3.63, 3.8) is 0 Å². The first-order chi connectivity index (χ1) is 13.6. The predicted molar refractivity (Wildman–Crippen MR) is 112 cm³/mol. The normalized spacial score (nSPS) is 21.2. The first-order valence-corrected chi connectivity index (χ1v) is 9.85. The second-order valence-electron chi connectivity index (χ2n) is 6.52. The lowest BCUT2D eigenvalue weighted by Gasteiger charge is -2.31. The molecule has 28 heavy (non-hydrogen) atoms. The van der Waals surface area contributed by atoms with E-state index in [4.69, 9.17) is 17.0 Å². The zero-order valence-corrected chi connectivity index (χ0v) is 16.7. The quantitative estimate of drug-likeness (QED) is 0.390. The minimum Gasteiger partial charge on any atom is -0.494 e. The number of carbonyl (C=O) groups excluding carboxylic acids is 2. The summed E-state index contributed by atoms with van der Waals surface area (Å²) in [6, 6.07) is 7.01. The molecule has 2 heterocycles. The fourth-order valence-electron chi connectivity index (χ4n) is 3.14. The van der Waals surface area contributed by atoms with E-state index in [2.05, 4.69) is 20.5 Å². The van der Waals surface area contributed by atoms with Gasteiger partial charge in [-0.3, -0.25) is 24.4 Å². The zero-order valence-electron chi connectivity index (χ0n) is 15.9. The topological polar surface area (TPSA) is 86.3 Å². The average molecular weight is 404 g/mol. The molecular formula is C19H25N5O3S. The lowest BCUT2D eigenvalue weighted by Crippen LogP contribution is -2.58. The van der Waals surface area contributed by atoms with Gasteiger partial charge < -0.3 is 15.4 Å². The number of thiocarbonyl (C=S) groups is 1. The lowest BCUT2D eigenvalue weighted by atomic mass is 10.1. The van der Waals surface area contributed by atoms with Crippen molar-refractivity contribution in [2.45, 2.75) is 6.92 Å². The van der Waals surface area contributed by atoms with Crippen LogP contribution in [0.3, 0.4) is 0 Å². The Morgan fingerprint density at radius 1 is 1.25 bits per heavy atom. The Balaban J connectivity index is 1.64. The number of hydrogen-bond acceptors (Lipinski definition) is 7. The number of hydrogen-bond donors (Lipinski definition) is 2. The van der Waals surface area contributed by atoms with E-state index in [0.717, 1.165) is 32.7 Å². The van der Waals surface area contributed by atoms with Gasteiger partial charge in [0.25, 0.3) is 5.91 Å².